The van der Waals surface area contributed by atoms with E-state index in [1.54, 1.807) is 33.1 Å². The van der Waals surface area contributed by atoms with Crippen LogP contribution in [0.1, 0.15) is 38.3 Å². The fourth-order valence-corrected chi connectivity index (χ4v) is 2.83. The number of likely N-dealkylation sites (tertiary alicyclic amines) is 1. The summed E-state index contributed by atoms with van der Waals surface area (Å²) in [5.74, 6) is 0.472. The van der Waals surface area contributed by atoms with Crippen molar-refractivity contribution in [1.29, 1.82) is 0 Å². The van der Waals surface area contributed by atoms with Crippen LogP contribution >= 0.6 is 0 Å². The van der Waals surface area contributed by atoms with Crippen LogP contribution in [0, 0.1) is 5.82 Å². The van der Waals surface area contributed by atoms with E-state index in [4.69, 9.17) is 4.74 Å². The molecule has 0 spiro atoms. The topological polar surface area (TPSA) is 32.7 Å². The highest BCUT2D eigenvalue weighted by molar-refractivity contribution is 5.37. The SMILES string of the molecule is COc1ccc(F)cc1[C@H]1CCCN1CC(C)(C)O. The lowest BCUT2D eigenvalue weighted by molar-refractivity contribution is 0.0314. The maximum absolute atomic E-state index is 13.5. The molecule has 0 unspecified atom stereocenters. The van der Waals surface area contributed by atoms with Crippen LogP contribution in [0.25, 0.3) is 0 Å². The number of nitrogens with zero attached hydrogens (tertiary/aromatic N) is 1. The molecule has 1 aliphatic heterocycles. The third-order valence-corrected chi connectivity index (χ3v) is 3.50. The standard InChI is InChI=1S/C15H22FNO2/c1-15(2,18)10-17-8-4-5-13(17)12-9-11(16)6-7-14(12)19-3/h6-7,9,13,18H,4-5,8,10H2,1-3H3/t13-/m1/s1. The molecule has 0 saturated carbocycles. The third-order valence-electron chi connectivity index (χ3n) is 3.50. The van der Waals surface area contributed by atoms with Crippen molar-refractivity contribution >= 4 is 0 Å². The van der Waals surface area contributed by atoms with Crippen molar-refractivity contribution in [2.24, 2.45) is 0 Å². The summed E-state index contributed by atoms with van der Waals surface area (Å²) in [7, 11) is 1.60. The summed E-state index contributed by atoms with van der Waals surface area (Å²) in [6.07, 6.45) is 2.02. The van der Waals surface area contributed by atoms with Gasteiger partial charge in [0, 0.05) is 18.2 Å². The number of β-amino-alcohol motifs (C(OH)–C–C–N with tert-alkyl or cyclic N) is 1. The molecular weight excluding hydrogens is 245 g/mol. The number of hydrogen-bond acceptors (Lipinski definition) is 3. The van der Waals surface area contributed by atoms with Gasteiger partial charge in [-0.1, -0.05) is 0 Å². The molecule has 0 bridgehead atoms. The highest BCUT2D eigenvalue weighted by Gasteiger charge is 2.31. The van der Waals surface area contributed by atoms with Crippen molar-refractivity contribution in [2.75, 3.05) is 20.2 Å². The lowest BCUT2D eigenvalue weighted by Gasteiger charge is -2.31. The minimum absolute atomic E-state index is 0.122. The fourth-order valence-electron chi connectivity index (χ4n) is 2.83. The Balaban J connectivity index is 2.27. The van der Waals surface area contributed by atoms with Gasteiger partial charge in [0.2, 0.25) is 0 Å². The molecule has 1 N–H and O–H groups in total. The minimum Gasteiger partial charge on any atom is -0.496 e. The number of methoxy groups -OCH3 is 1. The molecule has 1 saturated heterocycles. The highest BCUT2D eigenvalue weighted by Crippen LogP contribution is 2.37. The molecule has 3 nitrogen and oxygen atoms in total. The molecule has 1 heterocycles. The second-order valence-corrected chi connectivity index (χ2v) is 5.83. The van der Waals surface area contributed by atoms with E-state index in [1.165, 1.54) is 6.07 Å². The van der Waals surface area contributed by atoms with E-state index in [1.807, 2.05) is 0 Å². The van der Waals surface area contributed by atoms with Gasteiger partial charge < -0.3 is 9.84 Å². The van der Waals surface area contributed by atoms with Gasteiger partial charge in [0.15, 0.2) is 0 Å². The molecule has 4 heteroatoms. The van der Waals surface area contributed by atoms with E-state index < -0.39 is 5.60 Å². The van der Waals surface area contributed by atoms with Gasteiger partial charge in [-0.2, -0.15) is 0 Å². The van der Waals surface area contributed by atoms with Crippen molar-refractivity contribution in [3.63, 3.8) is 0 Å². The summed E-state index contributed by atoms with van der Waals surface area (Å²) in [5, 5.41) is 9.98. The quantitative estimate of drug-likeness (QED) is 0.910. The lowest BCUT2D eigenvalue weighted by Crippen LogP contribution is -2.38. The van der Waals surface area contributed by atoms with Crippen LogP contribution in [-0.2, 0) is 0 Å². The molecule has 0 aromatic heterocycles. The summed E-state index contributed by atoms with van der Waals surface area (Å²) < 4.78 is 18.8. The minimum atomic E-state index is -0.747. The second-order valence-electron chi connectivity index (χ2n) is 5.83. The Morgan fingerprint density at radius 3 is 2.84 bits per heavy atom. The number of halogens is 1. The first-order chi connectivity index (χ1) is 8.90. The summed E-state index contributed by atoms with van der Waals surface area (Å²) in [5.41, 5.74) is 0.132. The highest BCUT2D eigenvalue weighted by atomic mass is 19.1. The largest absolute Gasteiger partial charge is 0.496 e. The number of rotatable bonds is 4. The molecule has 1 fully saturated rings. The first-order valence-corrected chi connectivity index (χ1v) is 6.70. The Labute approximate surface area is 114 Å². The van der Waals surface area contributed by atoms with Crippen molar-refractivity contribution in [1.82, 2.24) is 4.90 Å². The van der Waals surface area contributed by atoms with E-state index >= 15 is 0 Å². The van der Waals surface area contributed by atoms with E-state index in [-0.39, 0.29) is 11.9 Å². The smallest absolute Gasteiger partial charge is 0.123 e. The molecule has 0 aliphatic carbocycles. The molecular formula is C15H22FNO2. The monoisotopic (exact) mass is 267 g/mol. The van der Waals surface area contributed by atoms with Crippen LogP contribution in [-0.4, -0.2) is 35.8 Å². The predicted octanol–water partition coefficient (Wildman–Crippen LogP) is 2.74. The Hall–Kier alpha value is -1.13. The zero-order chi connectivity index (χ0) is 14.0. The van der Waals surface area contributed by atoms with Gasteiger partial charge in [-0.15, -0.1) is 0 Å². The van der Waals surface area contributed by atoms with E-state index in [9.17, 15) is 9.50 Å². The van der Waals surface area contributed by atoms with Crippen LogP contribution in [0.5, 0.6) is 5.75 Å². The van der Waals surface area contributed by atoms with Gasteiger partial charge in [0.1, 0.15) is 11.6 Å². The van der Waals surface area contributed by atoms with E-state index in [2.05, 4.69) is 4.90 Å². The maximum Gasteiger partial charge on any atom is 0.123 e. The molecule has 1 aromatic rings. The molecule has 2 rings (SSSR count). The molecule has 0 amide bonds. The van der Waals surface area contributed by atoms with E-state index in [0.717, 1.165) is 24.9 Å². The summed E-state index contributed by atoms with van der Waals surface area (Å²) >= 11 is 0. The van der Waals surface area contributed by atoms with Crippen molar-refractivity contribution in [3.05, 3.63) is 29.6 Å². The first-order valence-electron chi connectivity index (χ1n) is 6.70. The number of aliphatic hydroxyl groups is 1. The number of hydrogen-bond donors (Lipinski definition) is 1. The van der Waals surface area contributed by atoms with Crippen LogP contribution in [0.3, 0.4) is 0 Å². The molecule has 1 atom stereocenters. The van der Waals surface area contributed by atoms with Crippen LogP contribution in [0.15, 0.2) is 18.2 Å². The van der Waals surface area contributed by atoms with Gasteiger partial charge in [0.25, 0.3) is 0 Å². The van der Waals surface area contributed by atoms with Crippen LogP contribution in [0.2, 0.25) is 0 Å². The third kappa shape index (κ3) is 3.45. The van der Waals surface area contributed by atoms with Crippen LogP contribution < -0.4 is 4.74 Å². The molecule has 19 heavy (non-hydrogen) atoms. The van der Waals surface area contributed by atoms with Gasteiger partial charge in [-0.3, -0.25) is 4.90 Å². The van der Waals surface area contributed by atoms with Crippen molar-refractivity contribution in [3.8, 4) is 5.75 Å². The van der Waals surface area contributed by atoms with Crippen molar-refractivity contribution in [2.45, 2.75) is 38.3 Å². The normalized spacial score (nSPS) is 20.8. The summed E-state index contributed by atoms with van der Waals surface area (Å²) in [6, 6.07) is 4.76. The Kier molecular flexibility index (Phi) is 4.11. The van der Waals surface area contributed by atoms with Crippen LogP contribution in [0.4, 0.5) is 4.39 Å². The lowest BCUT2D eigenvalue weighted by atomic mass is 10.0. The Morgan fingerprint density at radius 2 is 2.21 bits per heavy atom. The average Bonchev–Trinajstić information content (AvgIpc) is 2.74. The Bertz CT molecular complexity index is 442. The van der Waals surface area contributed by atoms with Gasteiger partial charge >= 0.3 is 0 Å². The molecule has 0 radical (unpaired) electrons. The summed E-state index contributed by atoms with van der Waals surface area (Å²) in [6.45, 7) is 5.10. The second kappa shape index (κ2) is 5.47. The molecule has 1 aliphatic rings. The maximum atomic E-state index is 13.5. The zero-order valence-electron chi connectivity index (χ0n) is 11.8. The molecule has 1 aromatic carbocycles. The summed E-state index contributed by atoms with van der Waals surface area (Å²) in [4.78, 5) is 2.21. The van der Waals surface area contributed by atoms with E-state index in [0.29, 0.717) is 12.3 Å². The predicted molar refractivity (Wildman–Crippen MR) is 72.8 cm³/mol. The zero-order valence-corrected chi connectivity index (χ0v) is 11.8. The average molecular weight is 267 g/mol. The fraction of sp³-hybridized carbons (Fsp3) is 0.600. The number of ether oxygens (including phenoxy) is 1. The van der Waals surface area contributed by atoms with Gasteiger partial charge in [-0.05, 0) is 51.4 Å². The van der Waals surface area contributed by atoms with Gasteiger partial charge in [-0.25, -0.2) is 4.39 Å². The van der Waals surface area contributed by atoms with Crippen molar-refractivity contribution < 1.29 is 14.2 Å². The van der Waals surface area contributed by atoms with Gasteiger partial charge in [0.05, 0.1) is 12.7 Å². The molecule has 106 valence electrons. The number of benzene rings is 1. The Morgan fingerprint density at radius 1 is 1.47 bits per heavy atom. The first kappa shape index (κ1) is 14.3.